The van der Waals surface area contributed by atoms with E-state index in [9.17, 15) is 13.6 Å². The van der Waals surface area contributed by atoms with E-state index in [4.69, 9.17) is 5.26 Å². The number of halogens is 2. The van der Waals surface area contributed by atoms with Gasteiger partial charge in [-0.3, -0.25) is 14.3 Å². The van der Waals surface area contributed by atoms with Gasteiger partial charge in [0.05, 0.1) is 11.6 Å². The van der Waals surface area contributed by atoms with Gasteiger partial charge in [-0.15, -0.1) is 0 Å². The lowest BCUT2D eigenvalue weighted by molar-refractivity contribution is 0.255. The highest BCUT2D eigenvalue weighted by molar-refractivity contribution is 5.84. The van der Waals surface area contributed by atoms with Crippen LogP contribution in [0.15, 0.2) is 65.7 Å². The van der Waals surface area contributed by atoms with E-state index in [0.717, 1.165) is 72.9 Å². The molecule has 0 atom stereocenters. The van der Waals surface area contributed by atoms with Crippen LogP contribution in [0.2, 0.25) is 0 Å². The molecule has 1 saturated heterocycles. The van der Waals surface area contributed by atoms with Gasteiger partial charge < -0.3 is 9.88 Å². The zero-order valence-electron chi connectivity index (χ0n) is 19.2. The van der Waals surface area contributed by atoms with Crippen molar-refractivity contribution in [1.29, 1.82) is 5.26 Å². The maximum atomic E-state index is 13.6. The molecule has 2 aromatic carbocycles. The second kappa shape index (κ2) is 9.72. The molecule has 5 rings (SSSR count). The molecule has 1 fully saturated rings. The molecule has 6 nitrogen and oxygen atoms in total. The fraction of sp³-hybridized carbons (Fsp3) is 0.259. The summed E-state index contributed by atoms with van der Waals surface area (Å²) < 4.78 is 28.1. The smallest absolute Gasteiger partial charge is 0.291 e. The van der Waals surface area contributed by atoms with Crippen LogP contribution in [0.5, 0.6) is 0 Å². The molecular formula is C27H25F2N5O. The summed E-state index contributed by atoms with van der Waals surface area (Å²) in [7, 11) is 0. The lowest BCUT2D eigenvalue weighted by atomic mass is 10.1. The van der Waals surface area contributed by atoms with Crippen LogP contribution in [0.25, 0.3) is 16.6 Å². The van der Waals surface area contributed by atoms with Crippen molar-refractivity contribution < 1.29 is 8.78 Å². The van der Waals surface area contributed by atoms with E-state index < -0.39 is 17.2 Å². The molecule has 1 aliphatic rings. The van der Waals surface area contributed by atoms with E-state index in [-0.39, 0.29) is 0 Å². The van der Waals surface area contributed by atoms with E-state index in [0.29, 0.717) is 17.3 Å². The highest BCUT2D eigenvalue weighted by atomic mass is 19.1. The summed E-state index contributed by atoms with van der Waals surface area (Å²) in [5, 5.41) is 10.3. The van der Waals surface area contributed by atoms with Gasteiger partial charge in [0, 0.05) is 66.9 Å². The minimum Gasteiger partial charge on any atom is -0.369 e. The topological polar surface area (TPSA) is 68.1 Å². The summed E-state index contributed by atoms with van der Waals surface area (Å²) in [5.74, 6) is -1.90. The zero-order valence-corrected chi connectivity index (χ0v) is 19.2. The minimum absolute atomic E-state index is 0.426. The molecular weight excluding hydrogens is 448 g/mol. The van der Waals surface area contributed by atoms with Crippen molar-refractivity contribution >= 4 is 16.6 Å². The third-order valence-electron chi connectivity index (χ3n) is 6.62. The Hall–Kier alpha value is -3.96. The van der Waals surface area contributed by atoms with E-state index in [1.807, 2.05) is 36.5 Å². The van der Waals surface area contributed by atoms with Gasteiger partial charge in [-0.2, -0.15) is 5.26 Å². The molecule has 8 heteroatoms. The molecule has 1 N–H and O–H groups in total. The number of anilines is 1. The Kier molecular flexibility index (Phi) is 6.34. The average Bonchev–Trinajstić information content (AvgIpc) is 3.29. The van der Waals surface area contributed by atoms with Gasteiger partial charge in [-0.25, -0.2) is 8.78 Å². The van der Waals surface area contributed by atoms with Crippen LogP contribution >= 0.6 is 0 Å². The van der Waals surface area contributed by atoms with Crippen LogP contribution in [0.1, 0.15) is 17.5 Å². The Balaban J connectivity index is 1.15. The number of fused-ring (bicyclic) bond motifs is 1. The molecule has 2 aromatic heterocycles. The van der Waals surface area contributed by atoms with Gasteiger partial charge >= 0.3 is 0 Å². The Morgan fingerprint density at radius 3 is 2.46 bits per heavy atom. The largest absolute Gasteiger partial charge is 0.369 e. The summed E-state index contributed by atoms with van der Waals surface area (Å²) >= 11 is 0. The number of aromatic amines is 1. The lowest BCUT2D eigenvalue weighted by Gasteiger charge is -2.36. The quantitative estimate of drug-likeness (QED) is 0.455. The number of nitrogens with one attached hydrogen (secondary N) is 1. The Bertz CT molecular complexity index is 1440. The molecule has 0 saturated carbocycles. The third-order valence-corrected chi connectivity index (χ3v) is 6.62. The standard InChI is InChI=1S/C27H25F2N5O/c28-21-15-25(29)27(35)34(18-21)23-6-4-22(5-7-23)33-12-10-32(11-13-33)9-1-2-20-17-31-26-8-3-19(16-30)14-24(20)26/h3-8,14-15,17-18,31H,1-2,9-13H2. The molecule has 3 heterocycles. The summed E-state index contributed by atoms with van der Waals surface area (Å²) in [4.78, 5) is 20.0. The van der Waals surface area contributed by atoms with Gasteiger partial charge in [-0.05, 0) is 67.4 Å². The van der Waals surface area contributed by atoms with Gasteiger partial charge in [0.15, 0.2) is 5.82 Å². The van der Waals surface area contributed by atoms with Crippen LogP contribution in [-0.2, 0) is 6.42 Å². The number of pyridine rings is 1. The number of nitriles is 1. The van der Waals surface area contributed by atoms with Crippen molar-refractivity contribution in [3.05, 3.63) is 94.0 Å². The second-order valence-corrected chi connectivity index (χ2v) is 8.82. The number of aromatic nitrogens is 2. The predicted molar refractivity (Wildman–Crippen MR) is 132 cm³/mol. The van der Waals surface area contributed by atoms with E-state index >= 15 is 0 Å². The second-order valence-electron chi connectivity index (χ2n) is 8.82. The number of H-pyrrole nitrogens is 1. The van der Waals surface area contributed by atoms with Crippen LogP contribution < -0.4 is 10.5 Å². The minimum atomic E-state index is -1.11. The fourth-order valence-electron chi connectivity index (χ4n) is 4.71. The first kappa shape index (κ1) is 22.8. The highest BCUT2D eigenvalue weighted by Gasteiger charge is 2.17. The van der Waals surface area contributed by atoms with E-state index in [2.05, 4.69) is 20.9 Å². The van der Waals surface area contributed by atoms with Gasteiger partial charge in [-0.1, -0.05) is 0 Å². The summed E-state index contributed by atoms with van der Waals surface area (Å²) in [6.45, 7) is 4.66. The van der Waals surface area contributed by atoms with Crippen LogP contribution in [-0.4, -0.2) is 47.2 Å². The van der Waals surface area contributed by atoms with Gasteiger partial charge in [0.25, 0.3) is 5.56 Å². The van der Waals surface area contributed by atoms with Crippen molar-refractivity contribution in [3.8, 4) is 11.8 Å². The highest BCUT2D eigenvalue weighted by Crippen LogP contribution is 2.22. The fourth-order valence-corrected chi connectivity index (χ4v) is 4.71. The maximum absolute atomic E-state index is 13.6. The van der Waals surface area contributed by atoms with E-state index in [1.54, 1.807) is 12.1 Å². The Morgan fingerprint density at radius 1 is 0.971 bits per heavy atom. The normalized spacial score (nSPS) is 14.4. The first-order chi connectivity index (χ1) is 17.0. The number of benzene rings is 2. The molecule has 0 bridgehead atoms. The SMILES string of the molecule is N#Cc1ccc2[nH]cc(CCCN3CCN(c4ccc(-n5cc(F)cc(F)c5=O)cc4)CC3)c2c1. The molecule has 178 valence electrons. The van der Waals surface area contributed by atoms with Crippen LogP contribution in [0, 0.1) is 23.0 Å². The molecule has 0 unspecified atom stereocenters. The number of rotatable bonds is 6. The van der Waals surface area contributed by atoms with Crippen LogP contribution in [0.4, 0.5) is 14.5 Å². The lowest BCUT2D eigenvalue weighted by Crippen LogP contribution is -2.46. The molecule has 0 amide bonds. The number of nitrogens with zero attached hydrogens (tertiary/aromatic N) is 4. The number of hydrogen-bond acceptors (Lipinski definition) is 4. The first-order valence-corrected chi connectivity index (χ1v) is 11.7. The molecule has 1 aliphatic heterocycles. The van der Waals surface area contributed by atoms with Crippen LogP contribution in [0.3, 0.4) is 0 Å². The monoisotopic (exact) mass is 473 g/mol. The first-order valence-electron chi connectivity index (χ1n) is 11.7. The molecule has 35 heavy (non-hydrogen) atoms. The number of aryl methyl sites for hydroxylation is 1. The van der Waals surface area contributed by atoms with Crippen molar-refractivity contribution in [2.45, 2.75) is 12.8 Å². The summed E-state index contributed by atoms with van der Waals surface area (Å²) in [6.07, 6.45) is 5.03. The van der Waals surface area contributed by atoms with Crippen molar-refractivity contribution in [2.24, 2.45) is 0 Å². The zero-order chi connectivity index (χ0) is 24.4. The number of hydrogen-bond donors (Lipinski definition) is 1. The Morgan fingerprint density at radius 2 is 1.71 bits per heavy atom. The maximum Gasteiger partial charge on any atom is 0.291 e. The molecule has 0 radical (unpaired) electrons. The van der Waals surface area contributed by atoms with Crippen molar-refractivity contribution in [2.75, 3.05) is 37.6 Å². The Labute approximate surface area is 201 Å². The van der Waals surface area contributed by atoms with Gasteiger partial charge in [0.1, 0.15) is 5.82 Å². The number of piperazine rings is 1. The molecule has 4 aromatic rings. The summed E-state index contributed by atoms with van der Waals surface area (Å²) in [5.41, 5.74) is 3.56. The average molecular weight is 474 g/mol. The van der Waals surface area contributed by atoms with Gasteiger partial charge in [0.2, 0.25) is 0 Å². The third kappa shape index (κ3) is 4.81. The summed E-state index contributed by atoms with van der Waals surface area (Å²) in [6, 6.07) is 15.7. The van der Waals surface area contributed by atoms with E-state index in [1.165, 1.54) is 5.56 Å². The van der Waals surface area contributed by atoms with Crippen molar-refractivity contribution in [3.63, 3.8) is 0 Å². The molecule has 0 spiro atoms. The molecule has 0 aliphatic carbocycles. The predicted octanol–water partition coefficient (Wildman–Crippen LogP) is 4.22. The van der Waals surface area contributed by atoms with Crippen molar-refractivity contribution in [1.82, 2.24) is 14.5 Å².